The number of nitrogens with zero attached hydrogens (tertiary/aromatic N) is 1. The Morgan fingerprint density at radius 3 is 2.75 bits per heavy atom. The molecular formula is C17H22N2O. The highest BCUT2D eigenvalue weighted by Crippen LogP contribution is 2.42. The quantitative estimate of drug-likeness (QED) is 0.923. The Kier molecular flexibility index (Phi) is 3.72. The Morgan fingerprint density at radius 2 is 2.00 bits per heavy atom. The van der Waals surface area contributed by atoms with Crippen LogP contribution in [-0.2, 0) is 4.74 Å². The lowest BCUT2D eigenvalue weighted by Gasteiger charge is -2.35. The summed E-state index contributed by atoms with van der Waals surface area (Å²) in [4.78, 5) is 4.53. The predicted octanol–water partition coefficient (Wildman–Crippen LogP) is 3.58. The number of nitrogens with two attached hydrogens (primary N) is 1. The smallest absolute Gasteiger partial charge is 0.0874 e. The zero-order valence-corrected chi connectivity index (χ0v) is 12.0. The van der Waals surface area contributed by atoms with Gasteiger partial charge in [-0.25, -0.2) is 0 Å². The predicted molar refractivity (Wildman–Crippen MR) is 81.5 cm³/mol. The van der Waals surface area contributed by atoms with Crippen LogP contribution in [0, 0.1) is 0 Å². The Bertz CT molecular complexity index is 585. The van der Waals surface area contributed by atoms with E-state index in [1.165, 1.54) is 12.8 Å². The summed E-state index contributed by atoms with van der Waals surface area (Å²) in [6.07, 6.45) is 6.33. The second kappa shape index (κ2) is 5.51. The fraction of sp³-hybridized carbons (Fsp3) is 0.471. The molecule has 1 heterocycles. The number of hydrogen-bond donors (Lipinski definition) is 1. The molecule has 1 atom stereocenters. The highest BCUT2D eigenvalue weighted by molar-refractivity contribution is 5.82. The van der Waals surface area contributed by atoms with Crippen molar-refractivity contribution < 1.29 is 4.74 Å². The lowest BCUT2D eigenvalue weighted by molar-refractivity contribution is -0.0533. The molecule has 2 aromatic rings. The molecule has 3 rings (SSSR count). The van der Waals surface area contributed by atoms with Gasteiger partial charge in [0.05, 0.1) is 17.2 Å². The van der Waals surface area contributed by atoms with E-state index < -0.39 is 0 Å². The SMILES string of the molecule is CCOC1(C(N)c2cccc3cccnc23)CCCC1. The van der Waals surface area contributed by atoms with Crippen molar-refractivity contribution in [2.24, 2.45) is 5.73 Å². The molecule has 1 saturated carbocycles. The molecule has 0 saturated heterocycles. The molecule has 1 unspecified atom stereocenters. The number of rotatable bonds is 4. The number of ether oxygens (including phenoxy) is 1. The fourth-order valence-corrected chi connectivity index (χ4v) is 3.47. The van der Waals surface area contributed by atoms with Gasteiger partial charge in [0, 0.05) is 18.2 Å². The summed E-state index contributed by atoms with van der Waals surface area (Å²) in [5, 5.41) is 1.14. The van der Waals surface area contributed by atoms with Gasteiger partial charge in [0.25, 0.3) is 0 Å². The van der Waals surface area contributed by atoms with Crippen molar-refractivity contribution in [1.82, 2.24) is 4.98 Å². The van der Waals surface area contributed by atoms with Crippen LogP contribution in [0.3, 0.4) is 0 Å². The molecule has 3 nitrogen and oxygen atoms in total. The monoisotopic (exact) mass is 270 g/mol. The minimum absolute atomic E-state index is 0.108. The van der Waals surface area contributed by atoms with E-state index in [-0.39, 0.29) is 11.6 Å². The maximum Gasteiger partial charge on any atom is 0.0874 e. The third-order valence-electron chi connectivity index (χ3n) is 4.45. The first kappa shape index (κ1) is 13.5. The van der Waals surface area contributed by atoms with Gasteiger partial charge in [-0.1, -0.05) is 37.1 Å². The summed E-state index contributed by atoms with van der Waals surface area (Å²) in [6, 6.07) is 10.2. The van der Waals surface area contributed by atoms with Crippen LogP contribution >= 0.6 is 0 Å². The Balaban J connectivity index is 2.05. The number of hydrogen-bond acceptors (Lipinski definition) is 3. The second-order valence-electron chi connectivity index (χ2n) is 5.60. The van der Waals surface area contributed by atoms with Gasteiger partial charge in [-0.15, -0.1) is 0 Å². The van der Waals surface area contributed by atoms with Gasteiger partial charge < -0.3 is 10.5 Å². The van der Waals surface area contributed by atoms with Crippen LogP contribution in [-0.4, -0.2) is 17.2 Å². The van der Waals surface area contributed by atoms with Crippen molar-refractivity contribution in [1.29, 1.82) is 0 Å². The summed E-state index contributed by atoms with van der Waals surface area (Å²) < 4.78 is 6.10. The number of para-hydroxylation sites is 1. The molecular weight excluding hydrogens is 248 g/mol. The van der Waals surface area contributed by atoms with Crippen molar-refractivity contribution >= 4 is 10.9 Å². The lowest BCUT2D eigenvalue weighted by atomic mass is 9.86. The molecule has 1 aliphatic carbocycles. The number of benzene rings is 1. The van der Waals surface area contributed by atoms with E-state index in [9.17, 15) is 0 Å². The summed E-state index contributed by atoms with van der Waals surface area (Å²) in [5.41, 5.74) is 8.53. The van der Waals surface area contributed by atoms with Crippen LogP contribution in [0.1, 0.15) is 44.2 Å². The average Bonchev–Trinajstić information content (AvgIpc) is 2.96. The van der Waals surface area contributed by atoms with E-state index in [1.807, 2.05) is 19.2 Å². The van der Waals surface area contributed by atoms with Crippen LogP contribution in [0.15, 0.2) is 36.5 Å². The molecule has 0 aliphatic heterocycles. The van der Waals surface area contributed by atoms with E-state index in [0.717, 1.165) is 29.3 Å². The van der Waals surface area contributed by atoms with Gasteiger partial charge in [-0.05, 0) is 31.4 Å². The molecule has 106 valence electrons. The molecule has 1 aliphatic rings. The van der Waals surface area contributed by atoms with Crippen LogP contribution in [0.25, 0.3) is 10.9 Å². The van der Waals surface area contributed by atoms with E-state index in [2.05, 4.69) is 29.2 Å². The van der Waals surface area contributed by atoms with Crippen molar-refractivity contribution in [2.75, 3.05) is 6.61 Å². The third kappa shape index (κ3) is 2.21. The van der Waals surface area contributed by atoms with Crippen LogP contribution < -0.4 is 5.73 Å². The molecule has 1 aromatic carbocycles. The van der Waals surface area contributed by atoms with Crippen molar-refractivity contribution in [2.45, 2.75) is 44.2 Å². The first-order valence-electron chi connectivity index (χ1n) is 7.50. The van der Waals surface area contributed by atoms with Crippen LogP contribution in [0.5, 0.6) is 0 Å². The molecule has 0 radical (unpaired) electrons. The van der Waals surface area contributed by atoms with Crippen molar-refractivity contribution in [3.8, 4) is 0 Å². The maximum absolute atomic E-state index is 6.62. The Labute approximate surface area is 120 Å². The summed E-state index contributed by atoms with van der Waals surface area (Å²) >= 11 is 0. The van der Waals surface area contributed by atoms with E-state index in [1.54, 1.807) is 0 Å². The van der Waals surface area contributed by atoms with E-state index in [4.69, 9.17) is 10.5 Å². The largest absolute Gasteiger partial charge is 0.373 e. The number of aromatic nitrogens is 1. The zero-order valence-electron chi connectivity index (χ0n) is 12.0. The van der Waals surface area contributed by atoms with Gasteiger partial charge in [0.15, 0.2) is 0 Å². The maximum atomic E-state index is 6.62. The van der Waals surface area contributed by atoms with Gasteiger partial charge in [0.1, 0.15) is 0 Å². The van der Waals surface area contributed by atoms with Crippen molar-refractivity contribution in [3.05, 3.63) is 42.1 Å². The first-order chi connectivity index (χ1) is 9.77. The summed E-state index contributed by atoms with van der Waals surface area (Å²) in [5.74, 6) is 0. The van der Waals surface area contributed by atoms with Gasteiger partial charge in [-0.3, -0.25) is 4.98 Å². The molecule has 0 bridgehead atoms. The lowest BCUT2D eigenvalue weighted by Crippen LogP contribution is -2.41. The van der Waals surface area contributed by atoms with Crippen LogP contribution in [0.4, 0.5) is 0 Å². The zero-order chi connectivity index (χ0) is 14.0. The minimum atomic E-state index is -0.208. The molecule has 1 aromatic heterocycles. The standard InChI is InChI=1S/C17H22N2O/c1-2-20-17(10-3-4-11-17)16(18)14-9-5-7-13-8-6-12-19-15(13)14/h5-9,12,16H,2-4,10-11,18H2,1H3. The normalized spacial score (nSPS) is 19.3. The van der Waals surface area contributed by atoms with Gasteiger partial charge in [0.2, 0.25) is 0 Å². The number of fused-ring (bicyclic) bond motifs is 1. The highest BCUT2D eigenvalue weighted by atomic mass is 16.5. The molecule has 0 spiro atoms. The van der Waals surface area contributed by atoms with Crippen LogP contribution in [0.2, 0.25) is 0 Å². The minimum Gasteiger partial charge on any atom is -0.373 e. The van der Waals surface area contributed by atoms with Gasteiger partial charge >= 0.3 is 0 Å². The average molecular weight is 270 g/mol. The van der Waals surface area contributed by atoms with Crippen molar-refractivity contribution in [3.63, 3.8) is 0 Å². The van der Waals surface area contributed by atoms with Gasteiger partial charge in [-0.2, -0.15) is 0 Å². The molecule has 0 amide bonds. The molecule has 3 heteroatoms. The molecule has 2 N–H and O–H groups in total. The Morgan fingerprint density at radius 1 is 1.25 bits per heavy atom. The summed E-state index contributed by atoms with van der Waals surface area (Å²) in [6.45, 7) is 2.76. The first-order valence-corrected chi connectivity index (χ1v) is 7.50. The topological polar surface area (TPSA) is 48.1 Å². The second-order valence-corrected chi connectivity index (χ2v) is 5.60. The third-order valence-corrected chi connectivity index (χ3v) is 4.45. The molecule has 20 heavy (non-hydrogen) atoms. The highest BCUT2D eigenvalue weighted by Gasteiger charge is 2.41. The van der Waals surface area contributed by atoms with E-state index >= 15 is 0 Å². The summed E-state index contributed by atoms with van der Waals surface area (Å²) in [7, 11) is 0. The molecule has 1 fully saturated rings. The fourth-order valence-electron chi connectivity index (χ4n) is 3.47. The Hall–Kier alpha value is -1.45. The van der Waals surface area contributed by atoms with E-state index in [0.29, 0.717) is 6.61 Å². The number of pyridine rings is 1.